The van der Waals surface area contributed by atoms with Gasteiger partial charge in [0.15, 0.2) is 0 Å². The Morgan fingerprint density at radius 1 is 0.781 bits per heavy atom. The minimum Gasteiger partial charge on any atom is -0.465 e. The number of carbonyl (C=O) groups is 3. The Bertz CT molecular complexity index is 938. The van der Waals surface area contributed by atoms with E-state index >= 15 is 0 Å². The van der Waals surface area contributed by atoms with Gasteiger partial charge in [0.05, 0.1) is 25.3 Å². The van der Waals surface area contributed by atoms with Crippen LogP contribution in [0.2, 0.25) is 0 Å². The van der Waals surface area contributed by atoms with Gasteiger partial charge in [-0.2, -0.15) is 0 Å². The van der Waals surface area contributed by atoms with E-state index in [1.807, 2.05) is 46.8 Å². The molecule has 7 heteroatoms. The highest BCUT2D eigenvalue weighted by molar-refractivity contribution is 5.91. The van der Waals surface area contributed by atoms with E-state index in [4.69, 9.17) is 14.2 Å². The number of carbonyl (C=O) groups excluding carboxylic acids is 3. The van der Waals surface area contributed by atoms with Crippen molar-refractivity contribution in [2.75, 3.05) is 14.2 Å². The van der Waals surface area contributed by atoms with Gasteiger partial charge in [-0.3, -0.25) is 4.90 Å². The van der Waals surface area contributed by atoms with E-state index < -0.39 is 23.6 Å². The fourth-order valence-electron chi connectivity index (χ4n) is 3.28. The Hall–Kier alpha value is -3.35. The number of benzene rings is 2. The van der Waals surface area contributed by atoms with Gasteiger partial charge >= 0.3 is 18.0 Å². The summed E-state index contributed by atoms with van der Waals surface area (Å²) in [6.45, 7) is 9.66. The first-order chi connectivity index (χ1) is 14.9. The number of hydrogen-bond donors (Lipinski definition) is 0. The lowest BCUT2D eigenvalue weighted by Gasteiger charge is -2.28. The largest absolute Gasteiger partial charge is 0.465 e. The van der Waals surface area contributed by atoms with Crippen LogP contribution < -0.4 is 0 Å². The van der Waals surface area contributed by atoms with Crippen LogP contribution in [0.4, 0.5) is 4.79 Å². The molecule has 0 unspecified atom stereocenters. The number of hydrogen-bond acceptors (Lipinski definition) is 6. The van der Waals surface area contributed by atoms with Crippen LogP contribution in [0.5, 0.6) is 0 Å². The summed E-state index contributed by atoms with van der Waals surface area (Å²) < 4.78 is 15.2. The second-order valence-corrected chi connectivity index (χ2v) is 8.62. The number of methoxy groups -OCH3 is 2. The lowest BCUT2D eigenvalue weighted by molar-refractivity contribution is 0.0215. The second-order valence-electron chi connectivity index (χ2n) is 8.62. The molecule has 1 amide bonds. The first-order valence-electron chi connectivity index (χ1n) is 10.3. The van der Waals surface area contributed by atoms with E-state index in [2.05, 4.69) is 0 Å². The molecule has 0 radical (unpaired) electrons. The summed E-state index contributed by atoms with van der Waals surface area (Å²) in [5.41, 5.74) is 3.54. The number of rotatable bonds is 6. The molecule has 172 valence electrons. The quantitative estimate of drug-likeness (QED) is 0.472. The van der Waals surface area contributed by atoms with Gasteiger partial charge < -0.3 is 14.2 Å². The summed E-state index contributed by atoms with van der Waals surface area (Å²) in [4.78, 5) is 38.3. The maximum absolute atomic E-state index is 12.9. The van der Waals surface area contributed by atoms with E-state index in [1.54, 1.807) is 29.2 Å². The van der Waals surface area contributed by atoms with Crippen molar-refractivity contribution in [3.05, 3.63) is 69.8 Å². The molecular weight excluding hydrogens is 410 g/mol. The SMILES string of the molecule is COC(=O)c1ccc(CN(Cc2ccc(C(=O)OC)c(C)c2)C(=O)OC(C)(C)C)cc1C. The van der Waals surface area contributed by atoms with Crippen LogP contribution in [-0.4, -0.2) is 42.8 Å². The molecule has 0 atom stereocenters. The van der Waals surface area contributed by atoms with Crippen LogP contribution in [0, 0.1) is 13.8 Å². The Balaban J connectivity index is 2.32. The summed E-state index contributed by atoms with van der Waals surface area (Å²) in [5.74, 6) is -0.807. The highest BCUT2D eigenvalue weighted by atomic mass is 16.6. The molecule has 0 aliphatic heterocycles. The topological polar surface area (TPSA) is 82.1 Å². The van der Waals surface area contributed by atoms with Crippen molar-refractivity contribution in [1.82, 2.24) is 4.90 Å². The molecule has 0 heterocycles. The number of esters is 2. The van der Waals surface area contributed by atoms with Gasteiger partial charge in [0.25, 0.3) is 0 Å². The standard InChI is InChI=1S/C25H31NO6/c1-16-12-18(8-10-20(16)22(27)30-6)14-26(24(29)32-25(3,4)5)15-19-9-11-21(17(2)13-19)23(28)31-7/h8-13H,14-15H2,1-7H3. The Morgan fingerprint density at radius 3 is 1.50 bits per heavy atom. The number of aryl methyl sites for hydroxylation is 2. The molecule has 0 fully saturated rings. The van der Waals surface area contributed by atoms with Crippen LogP contribution >= 0.6 is 0 Å². The highest BCUT2D eigenvalue weighted by Crippen LogP contribution is 2.20. The van der Waals surface area contributed by atoms with E-state index in [0.717, 1.165) is 22.3 Å². The Labute approximate surface area is 189 Å². The summed E-state index contributed by atoms with van der Waals surface area (Å²) in [6.07, 6.45) is -0.457. The van der Waals surface area contributed by atoms with Crippen LogP contribution in [0.3, 0.4) is 0 Å². The smallest absolute Gasteiger partial charge is 0.410 e. The predicted octanol–water partition coefficient (Wildman–Crippen LogP) is 4.81. The van der Waals surface area contributed by atoms with Crippen LogP contribution in [0.25, 0.3) is 0 Å². The minimum atomic E-state index is -0.648. The zero-order valence-corrected chi connectivity index (χ0v) is 19.8. The van der Waals surface area contributed by atoms with E-state index in [1.165, 1.54) is 14.2 Å². The molecule has 0 aromatic heterocycles. The van der Waals surface area contributed by atoms with Crippen molar-refractivity contribution >= 4 is 18.0 Å². The highest BCUT2D eigenvalue weighted by Gasteiger charge is 2.23. The zero-order chi connectivity index (χ0) is 24.1. The third kappa shape index (κ3) is 6.57. The first-order valence-corrected chi connectivity index (χ1v) is 10.3. The molecule has 0 saturated heterocycles. The molecule has 0 bridgehead atoms. The van der Waals surface area contributed by atoms with Gasteiger partial charge in [-0.25, -0.2) is 14.4 Å². The molecular formula is C25H31NO6. The Kier molecular flexibility index (Phi) is 8.02. The predicted molar refractivity (Wildman–Crippen MR) is 121 cm³/mol. The van der Waals surface area contributed by atoms with Gasteiger partial charge in [0.1, 0.15) is 5.60 Å². The number of amides is 1. The molecule has 0 saturated carbocycles. The summed E-state index contributed by atoms with van der Waals surface area (Å²) in [5, 5.41) is 0. The lowest BCUT2D eigenvalue weighted by atomic mass is 10.0. The maximum Gasteiger partial charge on any atom is 0.410 e. The van der Waals surface area contributed by atoms with Gasteiger partial charge in [-0.1, -0.05) is 24.3 Å². The monoisotopic (exact) mass is 441 g/mol. The van der Waals surface area contributed by atoms with Crippen molar-refractivity contribution in [2.24, 2.45) is 0 Å². The van der Waals surface area contributed by atoms with Gasteiger partial charge in [-0.15, -0.1) is 0 Å². The van der Waals surface area contributed by atoms with E-state index in [9.17, 15) is 14.4 Å². The molecule has 0 spiro atoms. The number of ether oxygens (including phenoxy) is 3. The van der Waals surface area contributed by atoms with Gasteiger partial charge in [0, 0.05) is 13.1 Å². The van der Waals surface area contributed by atoms with Gasteiger partial charge in [0.2, 0.25) is 0 Å². The zero-order valence-electron chi connectivity index (χ0n) is 19.8. The third-order valence-corrected chi connectivity index (χ3v) is 4.79. The van der Waals surface area contributed by atoms with Crippen molar-refractivity contribution in [3.63, 3.8) is 0 Å². The van der Waals surface area contributed by atoms with Crippen LogP contribution in [-0.2, 0) is 27.3 Å². The van der Waals surface area contributed by atoms with E-state index in [0.29, 0.717) is 11.1 Å². The molecule has 0 aliphatic carbocycles. The molecule has 32 heavy (non-hydrogen) atoms. The maximum atomic E-state index is 12.9. The summed E-state index contributed by atoms with van der Waals surface area (Å²) in [7, 11) is 2.68. The molecule has 0 N–H and O–H groups in total. The third-order valence-electron chi connectivity index (χ3n) is 4.79. The minimum absolute atomic E-state index is 0.287. The summed E-state index contributed by atoms with van der Waals surface area (Å²) >= 11 is 0. The molecule has 7 nitrogen and oxygen atoms in total. The summed E-state index contributed by atoms with van der Waals surface area (Å²) in [6, 6.07) is 10.7. The van der Waals surface area contributed by atoms with Gasteiger partial charge in [-0.05, 0) is 69.0 Å². The van der Waals surface area contributed by atoms with Crippen molar-refractivity contribution in [2.45, 2.75) is 53.3 Å². The second kappa shape index (κ2) is 10.3. The van der Waals surface area contributed by atoms with Crippen LogP contribution in [0.1, 0.15) is 63.7 Å². The van der Waals surface area contributed by atoms with E-state index in [-0.39, 0.29) is 13.1 Å². The molecule has 2 aromatic carbocycles. The van der Waals surface area contributed by atoms with Crippen molar-refractivity contribution < 1.29 is 28.6 Å². The fraction of sp³-hybridized carbons (Fsp3) is 0.400. The first kappa shape index (κ1) is 24.9. The Morgan fingerprint density at radius 2 is 1.19 bits per heavy atom. The van der Waals surface area contributed by atoms with Crippen LogP contribution in [0.15, 0.2) is 36.4 Å². The fourth-order valence-corrected chi connectivity index (χ4v) is 3.28. The normalized spacial score (nSPS) is 11.0. The molecule has 2 aromatic rings. The molecule has 0 aliphatic rings. The average Bonchev–Trinajstić information content (AvgIpc) is 2.71. The van der Waals surface area contributed by atoms with Crippen molar-refractivity contribution in [3.8, 4) is 0 Å². The van der Waals surface area contributed by atoms with Crippen molar-refractivity contribution in [1.29, 1.82) is 0 Å². The lowest BCUT2D eigenvalue weighted by Crippen LogP contribution is -2.36. The average molecular weight is 442 g/mol. The molecule has 2 rings (SSSR count). The number of nitrogens with zero attached hydrogens (tertiary/aromatic N) is 1.